The van der Waals surface area contributed by atoms with Gasteiger partial charge in [-0.15, -0.1) is 0 Å². The minimum Gasteiger partial charge on any atom is -0.507 e. The summed E-state index contributed by atoms with van der Waals surface area (Å²) in [6.07, 6.45) is 0.914. The molecule has 0 amide bonds. The van der Waals surface area contributed by atoms with E-state index in [1.807, 2.05) is 32.3 Å². The van der Waals surface area contributed by atoms with Crippen LogP contribution in [0.15, 0.2) is 60.7 Å². The number of phenols is 1. The van der Waals surface area contributed by atoms with Gasteiger partial charge in [0, 0.05) is 30.9 Å². The van der Waals surface area contributed by atoms with Crippen LogP contribution in [0.1, 0.15) is 11.1 Å². The van der Waals surface area contributed by atoms with Crippen LogP contribution >= 0.6 is 0 Å². The number of benzene rings is 3. The van der Waals surface area contributed by atoms with Crippen LogP contribution in [0.25, 0.3) is 22.3 Å². The molecule has 0 aliphatic heterocycles. The predicted molar refractivity (Wildman–Crippen MR) is 96.1 cm³/mol. The Bertz CT molecular complexity index is 896. The maximum Gasteiger partial charge on any atom is 0.123 e. The summed E-state index contributed by atoms with van der Waals surface area (Å²) in [6.45, 7) is 0. The van der Waals surface area contributed by atoms with Gasteiger partial charge in [0.1, 0.15) is 5.75 Å². The Morgan fingerprint density at radius 2 is 1.48 bits per heavy atom. The van der Waals surface area contributed by atoms with Crippen molar-refractivity contribution < 1.29 is 5.11 Å². The molecule has 0 aromatic heterocycles. The number of anilines is 1. The molecule has 1 aliphatic rings. The summed E-state index contributed by atoms with van der Waals surface area (Å²) in [7, 11) is 4.10. The van der Waals surface area contributed by atoms with Crippen LogP contribution in [0.3, 0.4) is 0 Å². The van der Waals surface area contributed by atoms with Crippen LogP contribution in [0.4, 0.5) is 5.69 Å². The summed E-state index contributed by atoms with van der Waals surface area (Å²) >= 11 is 0. The number of rotatable bonds is 2. The van der Waals surface area contributed by atoms with E-state index in [-0.39, 0.29) is 0 Å². The molecule has 1 N–H and O–H groups in total. The third-order valence-electron chi connectivity index (χ3n) is 4.62. The van der Waals surface area contributed by atoms with Gasteiger partial charge in [-0.3, -0.25) is 0 Å². The number of hydrogen-bond acceptors (Lipinski definition) is 2. The van der Waals surface area contributed by atoms with Crippen molar-refractivity contribution in [3.63, 3.8) is 0 Å². The highest BCUT2D eigenvalue weighted by Gasteiger charge is 2.25. The zero-order chi connectivity index (χ0) is 16.0. The minimum absolute atomic E-state index is 0.333. The standard InChI is InChI=1S/C21H19NO/c1-22(2)19-12-11-16-15-8-4-3-7-14(15)13-18(16)21(19)17-9-5-6-10-20(17)23/h3-12,23H,13H2,1-2H3. The Morgan fingerprint density at radius 1 is 0.783 bits per heavy atom. The van der Waals surface area contributed by atoms with Gasteiger partial charge in [-0.2, -0.15) is 0 Å². The van der Waals surface area contributed by atoms with Gasteiger partial charge in [0.2, 0.25) is 0 Å². The van der Waals surface area contributed by atoms with Crippen LogP contribution in [0.2, 0.25) is 0 Å². The molecule has 0 atom stereocenters. The lowest BCUT2D eigenvalue weighted by atomic mass is 9.93. The molecule has 3 aromatic carbocycles. The topological polar surface area (TPSA) is 23.5 Å². The first-order valence-electron chi connectivity index (χ1n) is 7.86. The van der Waals surface area contributed by atoms with Crippen molar-refractivity contribution in [2.75, 3.05) is 19.0 Å². The highest BCUT2D eigenvalue weighted by Crippen LogP contribution is 2.47. The quantitative estimate of drug-likeness (QED) is 0.580. The van der Waals surface area contributed by atoms with Crippen LogP contribution in [0.5, 0.6) is 5.75 Å². The number of para-hydroxylation sites is 1. The van der Waals surface area contributed by atoms with E-state index in [1.54, 1.807) is 6.07 Å². The van der Waals surface area contributed by atoms with E-state index >= 15 is 0 Å². The fourth-order valence-corrected chi connectivity index (χ4v) is 3.56. The van der Waals surface area contributed by atoms with Crippen molar-refractivity contribution in [1.82, 2.24) is 0 Å². The third kappa shape index (κ3) is 2.10. The Hall–Kier alpha value is -2.74. The molecule has 4 rings (SSSR count). The summed E-state index contributed by atoms with van der Waals surface area (Å²) in [4.78, 5) is 2.12. The smallest absolute Gasteiger partial charge is 0.123 e. The van der Waals surface area contributed by atoms with Gasteiger partial charge < -0.3 is 10.0 Å². The number of phenolic OH excluding ortho intramolecular Hbond substituents is 1. The summed E-state index contributed by atoms with van der Waals surface area (Å²) in [6, 6.07) is 20.5. The molecule has 114 valence electrons. The molecule has 0 unspecified atom stereocenters. The number of aromatic hydroxyl groups is 1. The third-order valence-corrected chi connectivity index (χ3v) is 4.62. The van der Waals surface area contributed by atoms with Gasteiger partial charge in [-0.1, -0.05) is 48.5 Å². The van der Waals surface area contributed by atoms with Gasteiger partial charge in [-0.05, 0) is 40.8 Å². The second-order valence-electron chi connectivity index (χ2n) is 6.23. The number of hydrogen-bond donors (Lipinski definition) is 1. The van der Waals surface area contributed by atoms with Crippen molar-refractivity contribution in [3.8, 4) is 28.0 Å². The van der Waals surface area contributed by atoms with E-state index in [0.29, 0.717) is 5.75 Å². The van der Waals surface area contributed by atoms with E-state index in [2.05, 4.69) is 41.3 Å². The molecule has 0 fully saturated rings. The molecular weight excluding hydrogens is 282 g/mol. The molecule has 3 aromatic rings. The normalized spacial score (nSPS) is 11.9. The van der Waals surface area contributed by atoms with Crippen molar-refractivity contribution in [2.45, 2.75) is 6.42 Å². The lowest BCUT2D eigenvalue weighted by Gasteiger charge is -2.21. The van der Waals surface area contributed by atoms with E-state index < -0.39 is 0 Å². The number of nitrogens with zero attached hydrogens (tertiary/aromatic N) is 1. The first-order chi connectivity index (χ1) is 11.2. The van der Waals surface area contributed by atoms with Crippen molar-refractivity contribution in [1.29, 1.82) is 0 Å². The SMILES string of the molecule is CN(C)c1ccc2c(c1-c1ccccc1O)Cc1ccccc1-2. The van der Waals surface area contributed by atoms with E-state index in [4.69, 9.17) is 0 Å². The highest BCUT2D eigenvalue weighted by atomic mass is 16.3. The zero-order valence-corrected chi connectivity index (χ0v) is 13.4. The average molecular weight is 301 g/mol. The molecule has 2 nitrogen and oxygen atoms in total. The summed E-state index contributed by atoms with van der Waals surface area (Å²) in [5.41, 5.74) is 8.43. The average Bonchev–Trinajstić information content (AvgIpc) is 2.93. The predicted octanol–water partition coefficient (Wildman–Crippen LogP) is 4.70. The van der Waals surface area contributed by atoms with E-state index in [1.165, 1.54) is 22.3 Å². The minimum atomic E-state index is 0.333. The lowest BCUT2D eigenvalue weighted by molar-refractivity contribution is 0.477. The van der Waals surface area contributed by atoms with Crippen LogP contribution in [-0.2, 0) is 6.42 Å². The lowest BCUT2D eigenvalue weighted by Crippen LogP contribution is -2.11. The summed E-state index contributed by atoms with van der Waals surface area (Å²) in [5.74, 6) is 0.333. The maximum absolute atomic E-state index is 10.4. The van der Waals surface area contributed by atoms with Gasteiger partial charge in [-0.25, -0.2) is 0 Å². The van der Waals surface area contributed by atoms with Gasteiger partial charge in [0.05, 0.1) is 0 Å². The molecule has 2 heteroatoms. The Morgan fingerprint density at radius 3 is 2.22 bits per heavy atom. The molecule has 23 heavy (non-hydrogen) atoms. The second kappa shape index (κ2) is 5.17. The first-order valence-corrected chi connectivity index (χ1v) is 7.86. The fourth-order valence-electron chi connectivity index (χ4n) is 3.56. The van der Waals surface area contributed by atoms with Crippen LogP contribution in [0, 0.1) is 0 Å². The summed E-state index contributed by atoms with van der Waals surface area (Å²) in [5, 5.41) is 10.4. The molecule has 0 saturated heterocycles. The number of fused-ring (bicyclic) bond motifs is 3. The fraction of sp³-hybridized carbons (Fsp3) is 0.143. The van der Waals surface area contributed by atoms with Crippen molar-refractivity contribution in [2.24, 2.45) is 0 Å². The molecular formula is C21H19NO. The Kier molecular flexibility index (Phi) is 3.12. The first kappa shape index (κ1) is 13.9. The molecule has 0 radical (unpaired) electrons. The van der Waals surface area contributed by atoms with E-state index in [9.17, 15) is 5.11 Å². The molecule has 1 aliphatic carbocycles. The molecule has 0 spiro atoms. The van der Waals surface area contributed by atoms with Gasteiger partial charge in [0.15, 0.2) is 0 Å². The second-order valence-corrected chi connectivity index (χ2v) is 6.23. The van der Waals surface area contributed by atoms with Crippen molar-refractivity contribution >= 4 is 5.69 Å². The van der Waals surface area contributed by atoms with Crippen LogP contribution < -0.4 is 4.90 Å². The summed E-state index contributed by atoms with van der Waals surface area (Å²) < 4.78 is 0. The van der Waals surface area contributed by atoms with Crippen LogP contribution in [-0.4, -0.2) is 19.2 Å². The highest BCUT2D eigenvalue weighted by molar-refractivity contribution is 5.93. The Labute approximate surface area is 136 Å². The van der Waals surface area contributed by atoms with Gasteiger partial charge >= 0.3 is 0 Å². The largest absolute Gasteiger partial charge is 0.507 e. The Balaban J connectivity index is 2.03. The monoisotopic (exact) mass is 301 g/mol. The zero-order valence-electron chi connectivity index (χ0n) is 13.4. The van der Waals surface area contributed by atoms with Crippen molar-refractivity contribution in [3.05, 3.63) is 71.8 Å². The van der Waals surface area contributed by atoms with E-state index in [0.717, 1.165) is 23.2 Å². The maximum atomic E-state index is 10.4. The molecule has 0 bridgehead atoms. The molecule has 0 saturated carbocycles. The molecule has 0 heterocycles. The van der Waals surface area contributed by atoms with Gasteiger partial charge in [0.25, 0.3) is 0 Å².